The zero-order valence-electron chi connectivity index (χ0n) is 17.1. The van der Waals surface area contributed by atoms with Crippen LogP contribution in [-0.2, 0) is 18.4 Å². The molecule has 4 rings (SSSR count). The Morgan fingerprint density at radius 2 is 2.25 bits per heavy atom. The van der Waals surface area contributed by atoms with Crippen LogP contribution in [0.25, 0.3) is 17.2 Å². The van der Waals surface area contributed by atoms with Crippen molar-refractivity contribution in [3.63, 3.8) is 0 Å². The first-order valence-electron chi connectivity index (χ1n) is 9.47. The van der Waals surface area contributed by atoms with Crippen LogP contribution in [0.2, 0.25) is 0 Å². The molecule has 0 radical (unpaired) electrons. The summed E-state index contributed by atoms with van der Waals surface area (Å²) in [7, 11) is 1.77. The quantitative estimate of drug-likeness (QED) is 0.316. The topological polar surface area (TPSA) is 166 Å². The molecule has 0 saturated carbocycles. The van der Waals surface area contributed by atoms with Crippen molar-refractivity contribution >= 4 is 69.3 Å². The van der Waals surface area contributed by atoms with E-state index >= 15 is 0 Å². The zero-order chi connectivity index (χ0) is 23.0. The van der Waals surface area contributed by atoms with E-state index in [1.165, 1.54) is 22.5 Å². The van der Waals surface area contributed by atoms with Crippen molar-refractivity contribution in [1.82, 2.24) is 34.4 Å². The van der Waals surface area contributed by atoms with Gasteiger partial charge in [-0.3, -0.25) is 29.8 Å². The van der Waals surface area contributed by atoms with E-state index in [1.54, 1.807) is 28.1 Å². The number of carbonyl (C=O) groups is 1. The highest BCUT2D eigenvalue weighted by molar-refractivity contribution is 14.1. The van der Waals surface area contributed by atoms with Crippen LogP contribution in [0.5, 0.6) is 0 Å². The van der Waals surface area contributed by atoms with Gasteiger partial charge < -0.3 is 10.3 Å². The number of halogens is 1. The lowest BCUT2D eigenvalue weighted by molar-refractivity contribution is -0.117. The normalized spacial score (nSPS) is 20.9. The van der Waals surface area contributed by atoms with Crippen LogP contribution in [0.3, 0.4) is 0 Å². The van der Waals surface area contributed by atoms with E-state index in [2.05, 4.69) is 30.6 Å². The molecule has 3 aromatic heterocycles. The molecule has 0 spiro atoms. The number of H-pyrrole nitrogens is 1. The van der Waals surface area contributed by atoms with Crippen molar-refractivity contribution in [3.8, 4) is 0 Å². The Kier molecular flexibility index (Phi) is 6.09. The maximum atomic E-state index is 12.8. The molecule has 4 heterocycles. The van der Waals surface area contributed by atoms with E-state index in [0.717, 1.165) is 0 Å². The number of aromatic nitrogens is 6. The summed E-state index contributed by atoms with van der Waals surface area (Å²) in [5.41, 5.74) is 6.33. The molecule has 2 atom stereocenters. The van der Waals surface area contributed by atoms with Gasteiger partial charge in [-0.2, -0.15) is 9.97 Å². The number of thioether (sulfide) groups is 1. The van der Waals surface area contributed by atoms with Crippen LogP contribution < -0.4 is 27.6 Å². The van der Waals surface area contributed by atoms with Gasteiger partial charge in [-0.1, -0.05) is 22.6 Å². The number of amides is 1. The summed E-state index contributed by atoms with van der Waals surface area (Å²) in [6, 6.07) is -0.538. The fourth-order valence-corrected chi connectivity index (χ4v) is 5.00. The van der Waals surface area contributed by atoms with Gasteiger partial charge in [0.25, 0.3) is 5.56 Å². The lowest BCUT2D eigenvalue weighted by Crippen LogP contribution is -2.49. The second kappa shape index (κ2) is 8.67. The largest absolute Gasteiger partial charge is 0.382 e. The van der Waals surface area contributed by atoms with Crippen molar-refractivity contribution in [2.24, 2.45) is 7.05 Å². The van der Waals surface area contributed by atoms with Crippen molar-refractivity contribution in [2.75, 3.05) is 16.8 Å². The average molecular weight is 569 g/mol. The number of nitrogen functional groups attached to an aromatic ring is 1. The minimum atomic E-state index is -0.610. The molecule has 12 nitrogen and oxygen atoms in total. The molecule has 1 amide bonds. The number of carbonyl (C=O) groups excluding carboxylic acids is 1. The number of fused-ring (bicyclic) bond motifs is 1. The van der Waals surface area contributed by atoms with Crippen molar-refractivity contribution in [3.05, 3.63) is 43.0 Å². The minimum Gasteiger partial charge on any atom is -0.382 e. The molecule has 1 saturated heterocycles. The molecular weight excluding hydrogens is 549 g/mol. The third kappa shape index (κ3) is 4.42. The highest BCUT2D eigenvalue weighted by Crippen LogP contribution is 2.31. The molecule has 3 aromatic rings. The summed E-state index contributed by atoms with van der Waals surface area (Å²) >= 11 is 3.51. The number of hydrogen-bond donors (Lipinski definition) is 4. The second-order valence-electron chi connectivity index (χ2n) is 7.45. The van der Waals surface area contributed by atoms with Crippen molar-refractivity contribution in [1.29, 1.82) is 0 Å². The lowest BCUT2D eigenvalue weighted by Gasteiger charge is -2.25. The van der Waals surface area contributed by atoms with Gasteiger partial charge in [0.15, 0.2) is 11.5 Å². The summed E-state index contributed by atoms with van der Waals surface area (Å²) < 4.78 is 4.81. The van der Waals surface area contributed by atoms with E-state index in [9.17, 15) is 14.4 Å². The van der Waals surface area contributed by atoms with Gasteiger partial charge >= 0.3 is 5.69 Å². The summed E-state index contributed by atoms with van der Waals surface area (Å²) in [4.78, 5) is 51.2. The maximum absolute atomic E-state index is 12.8. The number of nitrogens with one attached hydrogen (secondary N) is 3. The smallest absolute Gasteiger partial charge is 0.328 e. The van der Waals surface area contributed by atoms with Gasteiger partial charge in [0, 0.05) is 19.0 Å². The molecular formula is C18H20IN9O3S. The highest BCUT2D eigenvalue weighted by atomic mass is 127. The van der Waals surface area contributed by atoms with Gasteiger partial charge in [0.2, 0.25) is 11.9 Å². The van der Waals surface area contributed by atoms with Gasteiger partial charge in [-0.05, 0) is 17.1 Å². The first-order chi connectivity index (χ1) is 15.2. The number of hydrogen-bond acceptors (Lipinski definition) is 9. The fraction of sp³-hybridized carbons (Fsp3) is 0.333. The predicted molar refractivity (Wildman–Crippen MR) is 132 cm³/mol. The van der Waals surface area contributed by atoms with Gasteiger partial charge in [0.1, 0.15) is 5.52 Å². The number of nitrogens with zero attached hydrogens (tertiary/aromatic N) is 5. The zero-order valence-corrected chi connectivity index (χ0v) is 20.1. The molecule has 0 aromatic carbocycles. The number of rotatable bonds is 5. The first kappa shape index (κ1) is 22.5. The molecule has 1 aliphatic heterocycles. The third-order valence-electron chi connectivity index (χ3n) is 4.94. The molecule has 5 N–H and O–H groups in total. The number of nitrogens with two attached hydrogens (primary N) is 1. The van der Waals surface area contributed by atoms with E-state index < -0.39 is 22.2 Å². The molecule has 168 valence electrons. The Labute approximate surface area is 199 Å². The number of imidazole rings is 1. The SMILES string of the molecule is Cn1cnc2c(N)nc(NC(=O)C3CSC(C)(Cn4cc(/C=C/I)c(=O)[nH]c4=O)N3)nc21. The van der Waals surface area contributed by atoms with Crippen LogP contribution in [0.15, 0.2) is 26.2 Å². The van der Waals surface area contributed by atoms with E-state index in [1.807, 2.05) is 29.5 Å². The van der Waals surface area contributed by atoms with Crippen LogP contribution in [0.4, 0.5) is 11.8 Å². The summed E-state index contributed by atoms with van der Waals surface area (Å²) in [6.45, 7) is 2.15. The van der Waals surface area contributed by atoms with Crippen LogP contribution in [-0.4, -0.2) is 51.6 Å². The maximum Gasteiger partial charge on any atom is 0.328 e. The van der Waals surface area contributed by atoms with Gasteiger partial charge in [-0.25, -0.2) is 9.78 Å². The molecule has 1 fully saturated rings. The average Bonchev–Trinajstić information content (AvgIpc) is 3.30. The van der Waals surface area contributed by atoms with E-state index in [0.29, 0.717) is 22.5 Å². The first-order valence-corrected chi connectivity index (χ1v) is 11.7. The Balaban J connectivity index is 1.49. The Hall–Kier alpha value is -2.72. The number of anilines is 2. The predicted octanol–water partition coefficient (Wildman–Crippen LogP) is 0.261. The fourth-order valence-electron chi connectivity index (χ4n) is 3.39. The highest BCUT2D eigenvalue weighted by Gasteiger charge is 2.39. The van der Waals surface area contributed by atoms with E-state index in [-0.39, 0.29) is 24.2 Å². The Morgan fingerprint density at radius 1 is 1.47 bits per heavy atom. The van der Waals surface area contributed by atoms with Crippen LogP contribution >= 0.6 is 34.4 Å². The van der Waals surface area contributed by atoms with E-state index in [4.69, 9.17) is 5.73 Å². The summed E-state index contributed by atoms with van der Waals surface area (Å²) in [5.74, 6) is 0.434. The van der Waals surface area contributed by atoms with Crippen LogP contribution in [0.1, 0.15) is 12.5 Å². The van der Waals surface area contributed by atoms with Gasteiger partial charge in [-0.15, -0.1) is 11.8 Å². The third-order valence-corrected chi connectivity index (χ3v) is 6.68. The van der Waals surface area contributed by atoms with Crippen molar-refractivity contribution in [2.45, 2.75) is 24.4 Å². The molecule has 0 bridgehead atoms. The van der Waals surface area contributed by atoms with Crippen molar-refractivity contribution < 1.29 is 4.79 Å². The Bertz CT molecular complexity index is 1350. The van der Waals surface area contributed by atoms with Gasteiger partial charge in [0.05, 0.1) is 29.3 Å². The summed E-state index contributed by atoms with van der Waals surface area (Å²) in [5, 5.41) is 5.96. The monoisotopic (exact) mass is 569 g/mol. The number of aromatic amines is 1. The second-order valence-corrected chi connectivity index (χ2v) is 9.69. The molecule has 1 aliphatic rings. The molecule has 32 heavy (non-hydrogen) atoms. The lowest BCUT2D eigenvalue weighted by atomic mass is 10.2. The molecule has 0 aliphatic carbocycles. The number of aryl methyl sites for hydroxylation is 1. The minimum absolute atomic E-state index is 0.0936. The van der Waals surface area contributed by atoms with Crippen LogP contribution in [0, 0.1) is 0 Å². The Morgan fingerprint density at radius 3 is 3.00 bits per heavy atom. The molecule has 2 unspecified atom stereocenters. The molecule has 14 heteroatoms. The standard InChI is InChI=1S/C18H20IN9O3S/c1-18(7-28-5-9(3-4-19)14(29)25-17(28)31)26-10(6-32-18)15(30)24-16-22-12(20)11-13(23-16)27(2)8-21-11/h3-5,8,10,26H,6-7H2,1-2H3,(H,25,29,31)(H3,20,22,23,24,30)/b4-3+. The summed E-state index contributed by atoms with van der Waals surface area (Å²) in [6.07, 6.45) is 4.70.